The van der Waals surface area contributed by atoms with Crippen LogP contribution < -0.4 is 5.32 Å². The van der Waals surface area contributed by atoms with Crippen molar-refractivity contribution >= 4 is 5.69 Å². The van der Waals surface area contributed by atoms with Crippen molar-refractivity contribution in [3.8, 4) is 0 Å². The van der Waals surface area contributed by atoms with Crippen molar-refractivity contribution in [2.75, 3.05) is 5.32 Å². The minimum atomic E-state index is 1.13. The highest BCUT2D eigenvalue weighted by Gasteiger charge is 2.07. The Hall–Kier alpha value is -1.24. The number of allylic oxidation sites excluding steroid dienone is 2. The van der Waals surface area contributed by atoms with Gasteiger partial charge in [0, 0.05) is 17.8 Å². The van der Waals surface area contributed by atoms with Gasteiger partial charge < -0.3 is 5.32 Å². The molecule has 0 radical (unpaired) electrons. The molecular weight excluding hydrogens is 134 g/mol. The number of benzene rings is 1. The van der Waals surface area contributed by atoms with Crippen LogP contribution in [0.5, 0.6) is 0 Å². The van der Waals surface area contributed by atoms with Gasteiger partial charge in [-0.2, -0.15) is 0 Å². The zero-order valence-electron chi connectivity index (χ0n) is 6.59. The average Bonchev–Trinajstić information content (AvgIpc) is 2.78. The van der Waals surface area contributed by atoms with E-state index in [1.807, 2.05) is 0 Å². The third-order valence-corrected chi connectivity index (χ3v) is 1.85. The van der Waals surface area contributed by atoms with Crippen LogP contribution in [0.25, 0.3) is 0 Å². The molecule has 0 bridgehead atoms. The molecular formula is C10H11N. The van der Waals surface area contributed by atoms with Gasteiger partial charge in [0.2, 0.25) is 0 Å². The van der Waals surface area contributed by atoms with E-state index in [1.165, 1.54) is 16.9 Å². The van der Waals surface area contributed by atoms with Gasteiger partial charge in [0.05, 0.1) is 0 Å². The van der Waals surface area contributed by atoms with Gasteiger partial charge in [0.15, 0.2) is 0 Å². The molecule has 2 rings (SSSR count). The van der Waals surface area contributed by atoms with Crippen LogP contribution >= 0.6 is 0 Å². The first-order valence-corrected chi connectivity index (χ1v) is 3.88. The number of rotatable bonds is 2. The summed E-state index contributed by atoms with van der Waals surface area (Å²) in [6.45, 7) is 2.12. The van der Waals surface area contributed by atoms with Gasteiger partial charge >= 0.3 is 0 Å². The smallest absolute Gasteiger partial charge is 0.0411 e. The van der Waals surface area contributed by atoms with Gasteiger partial charge in [-0.05, 0) is 18.6 Å². The summed E-state index contributed by atoms with van der Waals surface area (Å²) in [5, 5.41) is 3.35. The summed E-state index contributed by atoms with van der Waals surface area (Å²) < 4.78 is 0. The number of para-hydroxylation sites is 1. The highest BCUT2D eigenvalue weighted by atomic mass is 14.9. The van der Waals surface area contributed by atoms with E-state index in [0.717, 1.165) is 6.42 Å². The van der Waals surface area contributed by atoms with E-state index in [0.29, 0.717) is 0 Å². The summed E-state index contributed by atoms with van der Waals surface area (Å²) in [4.78, 5) is 0. The fourth-order valence-electron chi connectivity index (χ4n) is 1.04. The van der Waals surface area contributed by atoms with E-state index < -0.39 is 0 Å². The fraction of sp³-hybridized carbons (Fsp3) is 0.200. The van der Waals surface area contributed by atoms with Crippen LogP contribution in [0.4, 0.5) is 5.69 Å². The van der Waals surface area contributed by atoms with E-state index in [2.05, 4.69) is 42.6 Å². The normalized spacial score (nSPS) is 14.1. The van der Waals surface area contributed by atoms with E-state index in [1.54, 1.807) is 0 Å². The molecule has 0 saturated heterocycles. The average molecular weight is 145 g/mol. The van der Waals surface area contributed by atoms with Crippen molar-refractivity contribution in [3.63, 3.8) is 0 Å². The molecule has 1 N–H and O–H groups in total. The molecule has 1 heteroatoms. The molecule has 1 aliphatic carbocycles. The highest BCUT2D eigenvalue weighted by Crippen LogP contribution is 2.23. The van der Waals surface area contributed by atoms with Crippen LogP contribution in [-0.2, 0) is 0 Å². The number of aryl methyl sites for hydroxylation is 1. The van der Waals surface area contributed by atoms with Crippen LogP contribution in [-0.4, -0.2) is 0 Å². The molecule has 0 aliphatic heterocycles. The summed E-state index contributed by atoms with van der Waals surface area (Å²) in [5.74, 6) is 0. The maximum Gasteiger partial charge on any atom is 0.0411 e. The molecule has 0 saturated carbocycles. The largest absolute Gasteiger partial charge is 0.359 e. The van der Waals surface area contributed by atoms with E-state index in [4.69, 9.17) is 0 Å². The summed E-state index contributed by atoms with van der Waals surface area (Å²) >= 11 is 0. The summed E-state index contributed by atoms with van der Waals surface area (Å²) in [6, 6.07) is 8.33. The Balaban J connectivity index is 2.21. The van der Waals surface area contributed by atoms with Crippen molar-refractivity contribution < 1.29 is 0 Å². The molecule has 56 valence electrons. The number of hydrogen-bond donors (Lipinski definition) is 1. The minimum Gasteiger partial charge on any atom is -0.359 e. The molecule has 1 aliphatic rings. The maximum atomic E-state index is 3.35. The number of nitrogens with one attached hydrogen (secondary N) is 1. The first-order chi connectivity index (χ1) is 5.36. The van der Waals surface area contributed by atoms with Gasteiger partial charge in [0.25, 0.3) is 0 Å². The third-order valence-electron chi connectivity index (χ3n) is 1.85. The van der Waals surface area contributed by atoms with Gasteiger partial charge in [-0.1, -0.05) is 24.3 Å². The Bertz CT molecular complexity index is 299. The quantitative estimate of drug-likeness (QED) is 0.674. The third kappa shape index (κ3) is 1.43. The second-order valence-electron chi connectivity index (χ2n) is 2.87. The molecule has 0 heterocycles. The Morgan fingerprint density at radius 1 is 1.27 bits per heavy atom. The number of anilines is 1. The Morgan fingerprint density at radius 3 is 2.64 bits per heavy atom. The lowest BCUT2D eigenvalue weighted by atomic mass is 10.2. The molecule has 1 aromatic rings. The first kappa shape index (κ1) is 6.47. The molecule has 11 heavy (non-hydrogen) atoms. The van der Waals surface area contributed by atoms with Crippen molar-refractivity contribution in [2.45, 2.75) is 13.3 Å². The topological polar surface area (TPSA) is 12.0 Å². The van der Waals surface area contributed by atoms with E-state index in [9.17, 15) is 0 Å². The Labute approximate surface area is 66.7 Å². The molecule has 0 unspecified atom stereocenters. The van der Waals surface area contributed by atoms with Gasteiger partial charge in [-0.25, -0.2) is 0 Å². The predicted molar refractivity (Wildman–Crippen MR) is 47.5 cm³/mol. The lowest BCUT2D eigenvalue weighted by molar-refractivity contribution is 1.39. The molecule has 0 fully saturated rings. The predicted octanol–water partition coefficient (Wildman–Crippen LogP) is 2.69. The van der Waals surface area contributed by atoms with Crippen molar-refractivity contribution in [1.82, 2.24) is 0 Å². The second-order valence-corrected chi connectivity index (χ2v) is 2.87. The lowest BCUT2D eigenvalue weighted by Crippen LogP contribution is -1.91. The zero-order chi connectivity index (χ0) is 7.68. The van der Waals surface area contributed by atoms with Crippen LogP contribution in [0, 0.1) is 6.92 Å². The summed E-state index contributed by atoms with van der Waals surface area (Å²) in [6.07, 6.45) is 3.32. The van der Waals surface area contributed by atoms with E-state index >= 15 is 0 Å². The Morgan fingerprint density at radius 2 is 2.00 bits per heavy atom. The standard InChI is InChI=1S/C10H11N/c1-8-4-2-3-5-10(8)11-9-6-7-9/h2-6,11H,7H2,1H3. The molecule has 0 spiro atoms. The summed E-state index contributed by atoms with van der Waals surface area (Å²) in [7, 11) is 0. The molecule has 0 aromatic heterocycles. The molecule has 0 atom stereocenters. The van der Waals surface area contributed by atoms with Crippen molar-refractivity contribution in [2.24, 2.45) is 0 Å². The Kier molecular flexibility index (Phi) is 1.42. The molecule has 1 aromatic carbocycles. The van der Waals surface area contributed by atoms with Crippen molar-refractivity contribution in [1.29, 1.82) is 0 Å². The maximum absolute atomic E-state index is 3.35. The van der Waals surface area contributed by atoms with Gasteiger partial charge in [-0.15, -0.1) is 0 Å². The first-order valence-electron chi connectivity index (χ1n) is 3.88. The van der Waals surface area contributed by atoms with Crippen LogP contribution in [0.3, 0.4) is 0 Å². The summed E-state index contributed by atoms with van der Waals surface area (Å²) in [5.41, 5.74) is 3.89. The zero-order valence-corrected chi connectivity index (χ0v) is 6.59. The second kappa shape index (κ2) is 2.42. The molecule has 0 amide bonds. The monoisotopic (exact) mass is 145 g/mol. The highest BCUT2D eigenvalue weighted by molar-refractivity contribution is 5.56. The molecule has 1 nitrogen and oxygen atoms in total. The van der Waals surface area contributed by atoms with E-state index in [-0.39, 0.29) is 0 Å². The van der Waals surface area contributed by atoms with Crippen LogP contribution in [0.2, 0.25) is 0 Å². The fourth-order valence-corrected chi connectivity index (χ4v) is 1.04. The van der Waals surface area contributed by atoms with Crippen LogP contribution in [0.15, 0.2) is 36.0 Å². The minimum absolute atomic E-state index is 1.13. The lowest BCUT2D eigenvalue weighted by Gasteiger charge is -2.04. The van der Waals surface area contributed by atoms with Crippen LogP contribution in [0.1, 0.15) is 12.0 Å². The van der Waals surface area contributed by atoms with Gasteiger partial charge in [0.1, 0.15) is 0 Å². The van der Waals surface area contributed by atoms with Gasteiger partial charge in [-0.3, -0.25) is 0 Å². The SMILES string of the molecule is Cc1ccccc1NC1=CC1. The number of hydrogen-bond acceptors (Lipinski definition) is 1. The van der Waals surface area contributed by atoms with Crippen molar-refractivity contribution in [3.05, 3.63) is 41.6 Å².